The third-order valence-corrected chi connectivity index (χ3v) is 9.53. The van der Waals surface area contributed by atoms with E-state index in [1.54, 1.807) is 22.6 Å². The van der Waals surface area contributed by atoms with Crippen molar-refractivity contribution in [2.75, 3.05) is 27.3 Å². The van der Waals surface area contributed by atoms with Crippen molar-refractivity contribution in [3.8, 4) is 5.75 Å². The molecule has 2 aromatic heterocycles. The molecule has 1 saturated heterocycles. The first kappa shape index (κ1) is 27.5. The molecule has 0 radical (unpaired) electrons. The zero-order valence-corrected chi connectivity index (χ0v) is 24.4. The number of ether oxygens (including phenoxy) is 2. The fraction of sp³-hybridized carbons (Fsp3) is 0.444. The summed E-state index contributed by atoms with van der Waals surface area (Å²) in [5, 5.41) is -0.264. The van der Waals surface area contributed by atoms with Crippen LogP contribution in [0.1, 0.15) is 28.0 Å². The minimum Gasteiger partial charge on any atom is -0.496 e. The van der Waals surface area contributed by atoms with Crippen molar-refractivity contribution in [3.63, 3.8) is 0 Å². The molecule has 39 heavy (non-hydrogen) atoms. The monoisotopic (exact) mass is 576 g/mol. The fourth-order valence-corrected chi connectivity index (χ4v) is 6.40. The Kier molecular flexibility index (Phi) is 6.97. The summed E-state index contributed by atoms with van der Waals surface area (Å²) in [6, 6.07) is 6.29. The molecule has 0 aliphatic carbocycles. The number of methoxy groups -OCH3 is 1. The Morgan fingerprint density at radius 1 is 1.15 bits per heavy atom. The second kappa shape index (κ2) is 9.87. The van der Waals surface area contributed by atoms with E-state index in [0.717, 1.165) is 12.1 Å². The van der Waals surface area contributed by atoms with Crippen molar-refractivity contribution < 1.29 is 27.8 Å². The first-order chi connectivity index (χ1) is 18.4. The zero-order valence-electron chi connectivity index (χ0n) is 22.6. The first-order valence-electron chi connectivity index (χ1n) is 12.7. The van der Waals surface area contributed by atoms with Crippen LogP contribution in [-0.4, -0.2) is 66.5 Å². The topological polar surface area (TPSA) is 76.9 Å². The lowest BCUT2D eigenvalue weighted by molar-refractivity contribution is -0.136. The quantitative estimate of drug-likeness (QED) is 0.214. The van der Waals surface area contributed by atoms with Crippen LogP contribution >= 0.6 is 11.6 Å². The van der Waals surface area contributed by atoms with Gasteiger partial charge in [0.15, 0.2) is 16.5 Å². The molecule has 0 saturated carbocycles. The number of likely N-dealkylation sites (N-methyl/N-ethyl adjacent to an activating group) is 1. The number of fused-ring (bicyclic) bond motifs is 3. The number of benzene rings is 1. The fourth-order valence-electron chi connectivity index (χ4n) is 5.50. The highest BCUT2D eigenvalue weighted by Crippen LogP contribution is 2.51. The predicted octanol–water partition coefficient (Wildman–Crippen LogP) is 5.00. The SMILES string of the molecule is COc1cc(F)cc2c1C1(CCN(C)C1=O)N(Cc1cc3nc(Cl)c(F)cc3n1COCC[Si](C)(C)C)C2=O. The van der Waals surface area contributed by atoms with Gasteiger partial charge in [-0.15, -0.1) is 0 Å². The van der Waals surface area contributed by atoms with Gasteiger partial charge in [0.2, 0.25) is 0 Å². The normalized spacial score (nSPS) is 19.2. The molecule has 2 aliphatic heterocycles. The average molecular weight is 577 g/mol. The van der Waals surface area contributed by atoms with Crippen LogP contribution in [0, 0.1) is 11.6 Å². The van der Waals surface area contributed by atoms with Crippen molar-refractivity contribution in [2.45, 2.75) is 50.9 Å². The molecule has 2 amide bonds. The molecule has 3 aromatic rings. The molecule has 4 heterocycles. The van der Waals surface area contributed by atoms with Crippen LogP contribution in [0.3, 0.4) is 0 Å². The number of carbonyl (C=O) groups is 2. The van der Waals surface area contributed by atoms with Gasteiger partial charge in [0.05, 0.1) is 30.3 Å². The predicted molar refractivity (Wildman–Crippen MR) is 146 cm³/mol. The molecular weight excluding hydrogens is 546 g/mol. The number of halogens is 3. The number of amides is 2. The maximum Gasteiger partial charge on any atom is 0.256 e. The van der Waals surface area contributed by atoms with Gasteiger partial charge in [-0.3, -0.25) is 9.59 Å². The Labute approximate surface area is 231 Å². The summed E-state index contributed by atoms with van der Waals surface area (Å²) < 4.78 is 42.2. The van der Waals surface area contributed by atoms with Crippen molar-refractivity contribution in [1.82, 2.24) is 19.4 Å². The molecule has 1 aromatic carbocycles. The molecule has 1 spiro atoms. The van der Waals surface area contributed by atoms with Crippen LogP contribution in [-0.2, 0) is 28.3 Å². The molecule has 12 heteroatoms. The van der Waals surface area contributed by atoms with Gasteiger partial charge < -0.3 is 23.8 Å². The molecule has 0 bridgehead atoms. The van der Waals surface area contributed by atoms with E-state index in [-0.39, 0.29) is 35.6 Å². The Bertz CT molecular complexity index is 1490. The Hall–Kier alpha value is -3.02. The van der Waals surface area contributed by atoms with Crippen LogP contribution in [0.25, 0.3) is 11.0 Å². The molecule has 8 nitrogen and oxygen atoms in total. The lowest BCUT2D eigenvalue weighted by atomic mass is 9.87. The molecular formula is C27H31ClF2N4O4Si. The van der Waals surface area contributed by atoms with E-state index in [1.165, 1.54) is 24.1 Å². The number of likely N-dealkylation sites (tertiary alicyclic amines) is 1. The highest BCUT2D eigenvalue weighted by Gasteiger charge is 2.60. The summed E-state index contributed by atoms with van der Waals surface area (Å²) in [7, 11) is 1.71. The van der Waals surface area contributed by atoms with Crippen molar-refractivity contribution in [3.05, 3.63) is 57.9 Å². The number of pyridine rings is 1. The van der Waals surface area contributed by atoms with Gasteiger partial charge in [-0.2, -0.15) is 0 Å². The van der Waals surface area contributed by atoms with E-state index in [2.05, 4.69) is 24.6 Å². The van der Waals surface area contributed by atoms with Crippen LogP contribution < -0.4 is 4.74 Å². The van der Waals surface area contributed by atoms with Gasteiger partial charge in [-0.05, 0) is 18.2 Å². The van der Waals surface area contributed by atoms with Gasteiger partial charge >= 0.3 is 0 Å². The van der Waals surface area contributed by atoms with Crippen LogP contribution in [0.4, 0.5) is 8.78 Å². The molecule has 5 rings (SSSR count). The zero-order chi connectivity index (χ0) is 28.3. The van der Waals surface area contributed by atoms with Crippen LogP contribution in [0.2, 0.25) is 30.8 Å². The van der Waals surface area contributed by atoms with E-state index in [4.69, 9.17) is 21.1 Å². The third kappa shape index (κ3) is 4.60. The second-order valence-electron chi connectivity index (χ2n) is 11.3. The number of hydrogen-bond donors (Lipinski definition) is 0. The van der Waals surface area contributed by atoms with Gasteiger partial charge in [-0.25, -0.2) is 13.8 Å². The van der Waals surface area contributed by atoms with Gasteiger partial charge in [-0.1, -0.05) is 31.2 Å². The summed E-state index contributed by atoms with van der Waals surface area (Å²) in [5.74, 6) is -1.92. The summed E-state index contributed by atoms with van der Waals surface area (Å²) in [4.78, 5) is 34.8. The molecule has 1 atom stereocenters. The Morgan fingerprint density at radius 2 is 1.90 bits per heavy atom. The van der Waals surface area contributed by atoms with E-state index in [9.17, 15) is 18.4 Å². The number of hydrogen-bond acceptors (Lipinski definition) is 5. The minimum absolute atomic E-state index is 0.0230. The highest BCUT2D eigenvalue weighted by molar-refractivity contribution is 6.76. The van der Waals surface area contributed by atoms with Crippen molar-refractivity contribution in [2.24, 2.45) is 0 Å². The van der Waals surface area contributed by atoms with Crippen molar-refractivity contribution >= 4 is 42.5 Å². The Balaban J connectivity index is 1.60. The van der Waals surface area contributed by atoms with Gasteiger partial charge in [0.1, 0.15) is 18.3 Å². The Morgan fingerprint density at radius 3 is 2.54 bits per heavy atom. The highest BCUT2D eigenvalue weighted by atomic mass is 35.5. The van der Waals surface area contributed by atoms with E-state index in [1.807, 2.05) is 0 Å². The lowest BCUT2D eigenvalue weighted by Crippen LogP contribution is -2.49. The van der Waals surface area contributed by atoms with Gasteiger partial charge in [0, 0.05) is 58.1 Å². The third-order valence-electron chi connectivity index (χ3n) is 7.57. The van der Waals surface area contributed by atoms with Crippen LogP contribution in [0.15, 0.2) is 24.3 Å². The summed E-state index contributed by atoms with van der Waals surface area (Å²) in [6.07, 6.45) is 0.314. The summed E-state index contributed by atoms with van der Waals surface area (Å²) in [5.41, 5.74) is 0.563. The maximum absolute atomic E-state index is 14.5. The largest absolute Gasteiger partial charge is 0.496 e. The van der Waals surface area contributed by atoms with E-state index >= 15 is 0 Å². The summed E-state index contributed by atoms with van der Waals surface area (Å²) in [6.45, 7) is 7.75. The smallest absolute Gasteiger partial charge is 0.256 e. The molecule has 0 N–H and O–H groups in total. The van der Waals surface area contributed by atoms with E-state index in [0.29, 0.717) is 41.9 Å². The maximum atomic E-state index is 14.5. The second-order valence-corrected chi connectivity index (χ2v) is 17.3. The van der Waals surface area contributed by atoms with Crippen molar-refractivity contribution in [1.29, 1.82) is 0 Å². The number of rotatable bonds is 8. The molecule has 2 aliphatic rings. The lowest BCUT2D eigenvalue weighted by Gasteiger charge is -2.34. The van der Waals surface area contributed by atoms with Gasteiger partial charge in [0.25, 0.3) is 11.8 Å². The standard InChI is InChI=1S/C27H31ClF2N4O4Si/c1-32-7-6-27(26(32)36)23-18(10-16(29)11-22(23)37-2)25(35)34(27)14-17-12-20-21(13-19(30)24(28)31-20)33(17)15-38-8-9-39(3,4)5/h10-13H,6-9,14-15H2,1-5H3. The molecule has 1 fully saturated rings. The van der Waals surface area contributed by atoms with E-state index < -0.39 is 31.2 Å². The van der Waals surface area contributed by atoms with Crippen LogP contribution in [0.5, 0.6) is 5.75 Å². The number of aromatic nitrogens is 2. The number of nitrogens with zero attached hydrogens (tertiary/aromatic N) is 4. The summed E-state index contributed by atoms with van der Waals surface area (Å²) >= 11 is 5.98. The minimum atomic E-state index is -1.36. The number of carbonyl (C=O) groups excluding carboxylic acids is 2. The molecule has 1 unspecified atom stereocenters. The first-order valence-corrected chi connectivity index (χ1v) is 16.8. The molecule has 208 valence electrons. The average Bonchev–Trinajstić information content (AvgIpc) is 3.43.